The number of rotatable bonds is 7. The molecule has 0 amide bonds. The Kier molecular flexibility index (Phi) is 6.81. The molecule has 0 atom stereocenters. The van der Waals surface area contributed by atoms with Crippen LogP contribution in [0.4, 0.5) is 0 Å². The quantitative estimate of drug-likeness (QED) is 0.651. The average Bonchev–Trinajstić information content (AvgIpc) is 2.65. The Balaban J connectivity index is 2.33. The van der Waals surface area contributed by atoms with E-state index in [4.69, 9.17) is 9.47 Å². The van der Waals surface area contributed by atoms with Crippen LogP contribution in [0.1, 0.15) is 49.3 Å². The van der Waals surface area contributed by atoms with Gasteiger partial charge in [0.25, 0.3) is 0 Å². The molecule has 0 saturated carbocycles. The van der Waals surface area contributed by atoms with E-state index in [9.17, 15) is 4.79 Å². The molecule has 0 saturated heterocycles. The first-order valence-corrected chi connectivity index (χ1v) is 8.57. The molecule has 0 radical (unpaired) electrons. The number of ether oxygens (including phenoxy) is 2. The Morgan fingerprint density at radius 2 is 1.52 bits per heavy atom. The Morgan fingerprint density at radius 1 is 0.960 bits per heavy atom. The standard InChI is InChI=1S/C22H26O3/c1-16(2)17-8-10-18(11-9-17)21(6-5-7-22(23)25-4)19-12-14-20(24-3)15-13-19/h6,8-16H,5,7H2,1-4H3. The van der Waals surface area contributed by atoms with E-state index in [1.807, 2.05) is 24.3 Å². The number of carbonyl (C=O) groups is 1. The Morgan fingerprint density at radius 3 is 2.00 bits per heavy atom. The molecule has 3 heteroatoms. The smallest absolute Gasteiger partial charge is 0.305 e. The third-order valence-electron chi connectivity index (χ3n) is 4.21. The molecule has 0 aromatic heterocycles. The summed E-state index contributed by atoms with van der Waals surface area (Å²) in [6.45, 7) is 4.37. The van der Waals surface area contributed by atoms with Crippen molar-refractivity contribution >= 4 is 11.5 Å². The summed E-state index contributed by atoms with van der Waals surface area (Å²) in [7, 11) is 3.08. The maximum atomic E-state index is 11.4. The van der Waals surface area contributed by atoms with E-state index in [0.717, 1.165) is 22.4 Å². The minimum absolute atomic E-state index is 0.194. The van der Waals surface area contributed by atoms with Gasteiger partial charge in [-0.3, -0.25) is 4.79 Å². The summed E-state index contributed by atoms with van der Waals surface area (Å²) >= 11 is 0. The minimum Gasteiger partial charge on any atom is -0.497 e. The van der Waals surface area contributed by atoms with Crippen molar-refractivity contribution in [2.75, 3.05) is 14.2 Å². The SMILES string of the molecule is COC(=O)CCC=C(c1ccc(OC)cc1)c1ccc(C(C)C)cc1. The summed E-state index contributed by atoms with van der Waals surface area (Å²) < 4.78 is 9.97. The van der Waals surface area contributed by atoms with E-state index < -0.39 is 0 Å². The number of benzene rings is 2. The van der Waals surface area contributed by atoms with Crippen molar-refractivity contribution in [3.05, 3.63) is 71.3 Å². The highest BCUT2D eigenvalue weighted by atomic mass is 16.5. The molecule has 132 valence electrons. The molecule has 0 aliphatic carbocycles. The van der Waals surface area contributed by atoms with Crippen LogP contribution in [0.15, 0.2) is 54.6 Å². The summed E-state index contributed by atoms with van der Waals surface area (Å²) in [5.41, 5.74) is 4.66. The molecular formula is C22H26O3. The van der Waals surface area contributed by atoms with Crippen molar-refractivity contribution < 1.29 is 14.3 Å². The molecular weight excluding hydrogens is 312 g/mol. The number of allylic oxidation sites excluding steroid dienone is 1. The maximum Gasteiger partial charge on any atom is 0.305 e. The molecule has 0 bridgehead atoms. The minimum atomic E-state index is -0.194. The Bertz CT molecular complexity index is 710. The molecule has 2 aromatic carbocycles. The lowest BCUT2D eigenvalue weighted by Gasteiger charge is -2.12. The van der Waals surface area contributed by atoms with Crippen LogP contribution >= 0.6 is 0 Å². The summed E-state index contributed by atoms with van der Waals surface area (Å²) in [5, 5.41) is 0. The first-order chi connectivity index (χ1) is 12.0. The van der Waals surface area contributed by atoms with Crippen molar-refractivity contribution in [1.82, 2.24) is 0 Å². The van der Waals surface area contributed by atoms with Gasteiger partial charge in [0, 0.05) is 6.42 Å². The lowest BCUT2D eigenvalue weighted by atomic mass is 9.94. The van der Waals surface area contributed by atoms with Crippen LogP contribution < -0.4 is 4.74 Å². The van der Waals surface area contributed by atoms with Crippen LogP contribution in [0.3, 0.4) is 0 Å². The molecule has 0 fully saturated rings. The molecule has 0 unspecified atom stereocenters. The number of hydrogen-bond acceptors (Lipinski definition) is 3. The van der Waals surface area contributed by atoms with Crippen molar-refractivity contribution in [3.63, 3.8) is 0 Å². The maximum absolute atomic E-state index is 11.4. The predicted octanol–water partition coefficient (Wildman–Crippen LogP) is 5.20. The van der Waals surface area contributed by atoms with Gasteiger partial charge in [-0.15, -0.1) is 0 Å². The van der Waals surface area contributed by atoms with Crippen molar-refractivity contribution in [1.29, 1.82) is 0 Å². The molecule has 0 N–H and O–H groups in total. The van der Waals surface area contributed by atoms with Crippen LogP contribution in [0.25, 0.3) is 5.57 Å². The fourth-order valence-electron chi connectivity index (χ4n) is 2.66. The second-order valence-electron chi connectivity index (χ2n) is 6.24. The lowest BCUT2D eigenvalue weighted by molar-refractivity contribution is -0.140. The third-order valence-corrected chi connectivity index (χ3v) is 4.21. The zero-order chi connectivity index (χ0) is 18.2. The monoisotopic (exact) mass is 338 g/mol. The van der Waals surface area contributed by atoms with Gasteiger partial charge in [0.05, 0.1) is 14.2 Å². The van der Waals surface area contributed by atoms with Crippen LogP contribution in [-0.4, -0.2) is 20.2 Å². The highest BCUT2D eigenvalue weighted by Gasteiger charge is 2.08. The fourth-order valence-corrected chi connectivity index (χ4v) is 2.66. The number of esters is 1. The molecule has 0 spiro atoms. The molecule has 2 rings (SSSR count). The van der Waals surface area contributed by atoms with Gasteiger partial charge < -0.3 is 9.47 Å². The molecule has 2 aromatic rings. The molecule has 3 nitrogen and oxygen atoms in total. The first-order valence-electron chi connectivity index (χ1n) is 8.57. The normalized spacial score (nSPS) is 11.5. The number of hydrogen-bond donors (Lipinski definition) is 0. The van der Waals surface area contributed by atoms with E-state index in [1.54, 1.807) is 7.11 Å². The van der Waals surface area contributed by atoms with Crippen LogP contribution in [0.5, 0.6) is 5.75 Å². The van der Waals surface area contributed by atoms with Crippen molar-refractivity contribution in [2.45, 2.75) is 32.6 Å². The van der Waals surface area contributed by atoms with Gasteiger partial charge >= 0.3 is 5.97 Å². The van der Waals surface area contributed by atoms with Gasteiger partial charge in [-0.1, -0.05) is 56.3 Å². The third kappa shape index (κ3) is 5.21. The molecule has 0 aliphatic heterocycles. The zero-order valence-electron chi connectivity index (χ0n) is 15.4. The van der Waals surface area contributed by atoms with Crippen LogP contribution in [0.2, 0.25) is 0 Å². The zero-order valence-corrected chi connectivity index (χ0v) is 15.4. The highest BCUT2D eigenvalue weighted by molar-refractivity contribution is 5.80. The van der Waals surface area contributed by atoms with E-state index in [1.165, 1.54) is 12.7 Å². The lowest BCUT2D eigenvalue weighted by Crippen LogP contribution is -1.99. The van der Waals surface area contributed by atoms with Gasteiger partial charge in [0.2, 0.25) is 0 Å². The number of carbonyl (C=O) groups excluding carboxylic acids is 1. The molecule has 0 heterocycles. The van der Waals surface area contributed by atoms with Gasteiger partial charge in [-0.05, 0) is 46.7 Å². The summed E-state index contributed by atoms with van der Waals surface area (Å²) in [6.07, 6.45) is 3.11. The van der Waals surface area contributed by atoms with E-state index in [-0.39, 0.29) is 5.97 Å². The Hall–Kier alpha value is -2.55. The largest absolute Gasteiger partial charge is 0.497 e. The second kappa shape index (κ2) is 9.07. The van der Waals surface area contributed by atoms with Crippen LogP contribution in [-0.2, 0) is 9.53 Å². The number of methoxy groups -OCH3 is 2. The van der Waals surface area contributed by atoms with Gasteiger partial charge in [0.1, 0.15) is 5.75 Å². The summed E-state index contributed by atoms with van der Waals surface area (Å²) in [5.74, 6) is 1.13. The second-order valence-corrected chi connectivity index (χ2v) is 6.24. The van der Waals surface area contributed by atoms with Gasteiger partial charge in [0.15, 0.2) is 0 Å². The first kappa shape index (κ1) is 18.8. The van der Waals surface area contributed by atoms with Gasteiger partial charge in [-0.25, -0.2) is 0 Å². The Labute approximate surface area is 150 Å². The van der Waals surface area contributed by atoms with E-state index in [0.29, 0.717) is 18.8 Å². The molecule has 25 heavy (non-hydrogen) atoms. The highest BCUT2D eigenvalue weighted by Crippen LogP contribution is 2.27. The van der Waals surface area contributed by atoms with Crippen molar-refractivity contribution in [2.24, 2.45) is 0 Å². The summed E-state index contributed by atoms with van der Waals surface area (Å²) in [4.78, 5) is 11.4. The average molecular weight is 338 g/mol. The van der Waals surface area contributed by atoms with E-state index in [2.05, 4.69) is 44.2 Å². The van der Waals surface area contributed by atoms with E-state index >= 15 is 0 Å². The fraction of sp³-hybridized carbons (Fsp3) is 0.318. The summed E-state index contributed by atoms with van der Waals surface area (Å²) in [6, 6.07) is 16.6. The topological polar surface area (TPSA) is 35.5 Å². The van der Waals surface area contributed by atoms with Crippen LogP contribution in [0, 0.1) is 0 Å². The van der Waals surface area contributed by atoms with Crippen molar-refractivity contribution in [3.8, 4) is 5.75 Å². The van der Waals surface area contributed by atoms with Gasteiger partial charge in [-0.2, -0.15) is 0 Å². The predicted molar refractivity (Wildman–Crippen MR) is 102 cm³/mol. The molecule has 0 aliphatic rings.